The van der Waals surface area contributed by atoms with E-state index in [1.807, 2.05) is 44.2 Å². The van der Waals surface area contributed by atoms with Gasteiger partial charge in [-0.15, -0.1) is 12.4 Å². The topological polar surface area (TPSA) is 76.8 Å². The van der Waals surface area contributed by atoms with Crippen LogP contribution in [0.15, 0.2) is 36.4 Å². The number of ether oxygens (including phenoxy) is 2. The summed E-state index contributed by atoms with van der Waals surface area (Å²) in [4.78, 5) is 14.7. The molecule has 0 spiro atoms. The van der Waals surface area contributed by atoms with Gasteiger partial charge in [0.25, 0.3) is 0 Å². The maximum Gasteiger partial charge on any atom is 0.243 e. The zero-order chi connectivity index (χ0) is 19.2. The van der Waals surface area contributed by atoms with Crippen LogP contribution in [0, 0.1) is 0 Å². The molecule has 152 valence electrons. The van der Waals surface area contributed by atoms with E-state index in [2.05, 4.69) is 10.2 Å². The number of halogens is 1. The normalized spacial score (nSPS) is 12.6. The first-order valence-electron chi connectivity index (χ1n) is 9.44. The molecule has 0 unspecified atom stereocenters. The van der Waals surface area contributed by atoms with Crippen LogP contribution in [-0.4, -0.2) is 32.2 Å². The average molecular weight is 406 g/mol. The number of nitrogens with two attached hydrogens (primary N) is 1. The quantitative estimate of drug-likeness (QED) is 0.683. The molecule has 3 N–H and O–H groups in total. The van der Waals surface area contributed by atoms with E-state index >= 15 is 0 Å². The summed E-state index contributed by atoms with van der Waals surface area (Å²) in [5, 5.41) is 2.96. The van der Waals surface area contributed by atoms with Gasteiger partial charge in [-0.2, -0.15) is 0 Å². The van der Waals surface area contributed by atoms with E-state index < -0.39 is 0 Å². The third kappa shape index (κ3) is 5.01. The zero-order valence-corrected chi connectivity index (χ0v) is 17.2. The van der Waals surface area contributed by atoms with Gasteiger partial charge in [0, 0.05) is 29.7 Å². The monoisotopic (exact) mass is 405 g/mol. The highest BCUT2D eigenvalue weighted by atomic mass is 35.5. The number of nitrogen functional groups attached to an aromatic ring is 1. The minimum atomic E-state index is -0.0723. The van der Waals surface area contributed by atoms with Crippen molar-refractivity contribution in [2.75, 3.05) is 42.3 Å². The van der Waals surface area contributed by atoms with Crippen LogP contribution in [0.5, 0.6) is 11.5 Å². The number of benzene rings is 2. The predicted octanol–water partition coefficient (Wildman–Crippen LogP) is 3.88. The molecular formula is C21H28ClN3O3. The number of fused-ring (bicyclic) bond motifs is 1. The summed E-state index contributed by atoms with van der Waals surface area (Å²) in [6.45, 7) is 6.06. The van der Waals surface area contributed by atoms with Gasteiger partial charge in [-0.1, -0.05) is 6.07 Å². The molecule has 7 heteroatoms. The van der Waals surface area contributed by atoms with Gasteiger partial charge >= 0.3 is 0 Å². The molecule has 0 fully saturated rings. The predicted molar refractivity (Wildman–Crippen MR) is 116 cm³/mol. The van der Waals surface area contributed by atoms with E-state index in [9.17, 15) is 4.79 Å². The molecule has 0 saturated carbocycles. The first-order valence-corrected chi connectivity index (χ1v) is 9.44. The molecule has 1 aliphatic rings. The fourth-order valence-corrected chi connectivity index (χ4v) is 3.39. The van der Waals surface area contributed by atoms with Crippen LogP contribution >= 0.6 is 12.4 Å². The van der Waals surface area contributed by atoms with Crippen LogP contribution in [0.25, 0.3) is 0 Å². The van der Waals surface area contributed by atoms with Gasteiger partial charge in [0.1, 0.15) is 0 Å². The Balaban J connectivity index is 0.00000280. The van der Waals surface area contributed by atoms with Crippen molar-refractivity contribution in [1.29, 1.82) is 0 Å². The second-order valence-electron chi connectivity index (χ2n) is 6.45. The third-order valence-electron chi connectivity index (χ3n) is 4.54. The van der Waals surface area contributed by atoms with Crippen molar-refractivity contribution in [2.45, 2.75) is 26.7 Å². The van der Waals surface area contributed by atoms with Crippen molar-refractivity contribution in [1.82, 2.24) is 0 Å². The molecule has 0 bridgehead atoms. The second-order valence-corrected chi connectivity index (χ2v) is 6.45. The molecule has 0 aromatic heterocycles. The maximum atomic E-state index is 12.6. The molecule has 6 nitrogen and oxygen atoms in total. The lowest BCUT2D eigenvalue weighted by molar-refractivity contribution is -0.115. The summed E-state index contributed by atoms with van der Waals surface area (Å²) in [6, 6.07) is 11.3. The van der Waals surface area contributed by atoms with E-state index in [0.717, 1.165) is 36.3 Å². The molecule has 3 rings (SSSR count). The highest BCUT2D eigenvalue weighted by Gasteiger charge is 2.20. The number of anilines is 3. The van der Waals surface area contributed by atoms with Crippen LogP contribution in [0.3, 0.4) is 0 Å². The smallest absolute Gasteiger partial charge is 0.243 e. The Hall–Kier alpha value is -2.60. The Morgan fingerprint density at radius 3 is 2.64 bits per heavy atom. The van der Waals surface area contributed by atoms with Gasteiger partial charge < -0.3 is 25.4 Å². The van der Waals surface area contributed by atoms with Crippen molar-refractivity contribution in [3.63, 3.8) is 0 Å². The van der Waals surface area contributed by atoms with Crippen LogP contribution < -0.4 is 25.4 Å². The lowest BCUT2D eigenvalue weighted by Crippen LogP contribution is -2.37. The Morgan fingerprint density at radius 2 is 1.89 bits per heavy atom. The average Bonchev–Trinajstić information content (AvgIpc) is 2.65. The highest BCUT2D eigenvalue weighted by molar-refractivity contribution is 5.94. The van der Waals surface area contributed by atoms with Crippen LogP contribution in [0.1, 0.15) is 25.8 Å². The molecule has 1 aliphatic heterocycles. The van der Waals surface area contributed by atoms with E-state index in [1.165, 1.54) is 0 Å². The minimum Gasteiger partial charge on any atom is -0.490 e. The minimum absolute atomic E-state index is 0. The van der Waals surface area contributed by atoms with Crippen LogP contribution in [0.4, 0.5) is 17.1 Å². The van der Waals surface area contributed by atoms with Crippen molar-refractivity contribution >= 4 is 35.4 Å². The van der Waals surface area contributed by atoms with Gasteiger partial charge in [-0.05, 0) is 56.5 Å². The van der Waals surface area contributed by atoms with Crippen molar-refractivity contribution < 1.29 is 14.3 Å². The first-order chi connectivity index (χ1) is 13.1. The SMILES string of the molecule is CCOc1ccc(NC(=O)CN2CCCc3c(N)cccc32)cc1OCC.Cl. The number of rotatable bonds is 7. The van der Waals surface area contributed by atoms with Gasteiger partial charge in [-0.25, -0.2) is 0 Å². The fraction of sp³-hybridized carbons (Fsp3) is 0.381. The van der Waals surface area contributed by atoms with Crippen molar-refractivity contribution in [3.05, 3.63) is 42.0 Å². The summed E-state index contributed by atoms with van der Waals surface area (Å²) in [6.07, 6.45) is 1.95. The van der Waals surface area contributed by atoms with Crippen LogP contribution in [-0.2, 0) is 11.2 Å². The number of hydrogen-bond acceptors (Lipinski definition) is 5. The molecule has 0 saturated heterocycles. The number of nitrogens with one attached hydrogen (secondary N) is 1. The fourth-order valence-electron chi connectivity index (χ4n) is 3.39. The lowest BCUT2D eigenvalue weighted by Gasteiger charge is -2.31. The molecule has 2 aromatic carbocycles. The lowest BCUT2D eigenvalue weighted by atomic mass is 10.00. The number of carbonyl (C=O) groups is 1. The molecule has 0 aliphatic carbocycles. The Bertz CT molecular complexity index is 813. The number of carbonyl (C=O) groups excluding carboxylic acids is 1. The summed E-state index contributed by atoms with van der Waals surface area (Å²) in [5.41, 5.74) is 9.77. The largest absolute Gasteiger partial charge is 0.490 e. The first kappa shape index (κ1) is 21.7. The van der Waals surface area contributed by atoms with Gasteiger partial charge in [0.2, 0.25) is 5.91 Å². The van der Waals surface area contributed by atoms with E-state index in [4.69, 9.17) is 15.2 Å². The van der Waals surface area contributed by atoms with E-state index in [-0.39, 0.29) is 24.9 Å². The van der Waals surface area contributed by atoms with Crippen molar-refractivity contribution in [2.24, 2.45) is 0 Å². The summed E-state index contributed by atoms with van der Waals surface area (Å²) in [7, 11) is 0. The Morgan fingerprint density at radius 1 is 1.14 bits per heavy atom. The molecule has 1 heterocycles. The molecule has 28 heavy (non-hydrogen) atoms. The molecule has 0 atom stereocenters. The maximum absolute atomic E-state index is 12.6. The van der Waals surface area contributed by atoms with Crippen LogP contribution in [0.2, 0.25) is 0 Å². The Kier molecular flexibility index (Phi) is 7.81. The second kappa shape index (κ2) is 10.1. The summed E-state index contributed by atoms with van der Waals surface area (Å²) in [5.74, 6) is 1.24. The summed E-state index contributed by atoms with van der Waals surface area (Å²) >= 11 is 0. The van der Waals surface area contributed by atoms with Crippen molar-refractivity contribution in [3.8, 4) is 11.5 Å². The molecule has 0 radical (unpaired) electrons. The third-order valence-corrected chi connectivity index (χ3v) is 4.54. The number of nitrogens with zero attached hydrogens (tertiary/aromatic N) is 1. The van der Waals surface area contributed by atoms with Gasteiger partial charge in [0.05, 0.1) is 19.8 Å². The molecule has 1 amide bonds. The number of amides is 1. The van der Waals surface area contributed by atoms with Gasteiger partial charge in [0.15, 0.2) is 11.5 Å². The molecule has 2 aromatic rings. The summed E-state index contributed by atoms with van der Waals surface area (Å²) < 4.78 is 11.2. The Labute approximate surface area is 172 Å². The standard InChI is InChI=1S/C21H27N3O3.ClH/c1-3-26-19-11-10-15(13-20(19)27-4-2)23-21(25)14-24-12-6-7-16-17(22)8-5-9-18(16)24;/h5,8-11,13H,3-4,6-7,12,14,22H2,1-2H3,(H,23,25);1H. The molecular weight excluding hydrogens is 378 g/mol. The van der Waals surface area contributed by atoms with E-state index in [0.29, 0.717) is 30.4 Å². The van der Waals surface area contributed by atoms with Gasteiger partial charge in [-0.3, -0.25) is 4.79 Å². The highest BCUT2D eigenvalue weighted by Crippen LogP contribution is 2.32. The zero-order valence-electron chi connectivity index (χ0n) is 16.4. The number of hydrogen-bond donors (Lipinski definition) is 2. The van der Waals surface area contributed by atoms with E-state index in [1.54, 1.807) is 6.07 Å².